The summed E-state index contributed by atoms with van der Waals surface area (Å²) in [5.41, 5.74) is 0.684. The molecule has 4 heteroatoms. The van der Waals surface area contributed by atoms with Gasteiger partial charge in [-0.3, -0.25) is 9.59 Å². The first kappa shape index (κ1) is 14.6. The molecule has 4 nitrogen and oxygen atoms in total. The minimum Gasteiger partial charge on any atom is -0.469 e. The number of hydrogen-bond acceptors (Lipinski definition) is 4. The maximum Gasteiger partial charge on any atom is 0.312 e. The number of methoxy groups -OCH3 is 1. The van der Waals surface area contributed by atoms with Crippen molar-refractivity contribution in [1.82, 2.24) is 0 Å². The molecule has 0 aromatic heterocycles. The van der Waals surface area contributed by atoms with Gasteiger partial charge in [-0.1, -0.05) is 18.9 Å². The van der Waals surface area contributed by atoms with Crippen LogP contribution in [0.2, 0.25) is 0 Å². The predicted octanol–water partition coefficient (Wildman–Crippen LogP) is 2.86. The van der Waals surface area contributed by atoms with E-state index >= 15 is 0 Å². The lowest BCUT2D eigenvalue weighted by Crippen LogP contribution is -2.52. The van der Waals surface area contributed by atoms with Gasteiger partial charge in [-0.15, -0.1) is 0 Å². The zero-order valence-corrected chi connectivity index (χ0v) is 13.3. The standard InChI is InChI=1S/C17H24O4/c1-10-8-12-14-16(2,11(10)9-13(18)20-4)6-5-7-17(14,3)15(19)21-12/h8,11-12,14H,5-7,9H2,1-4H3/t11?,12?,14-,16-,17+/m1/s1. The van der Waals surface area contributed by atoms with Gasteiger partial charge in [-0.2, -0.15) is 0 Å². The molecule has 1 saturated heterocycles. The Morgan fingerprint density at radius 1 is 1.43 bits per heavy atom. The van der Waals surface area contributed by atoms with Crippen molar-refractivity contribution in [2.75, 3.05) is 7.11 Å². The number of carbonyl (C=O) groups excluding carboxylic acids is 2. The fraction of sp³-hybridized carbons (Fsp3) is 0.765. The van der Waals surface area contributed by atoms with Crippen LogP contribution >= 0.6 is 0 Å². The highest BCUT2D eigenvalue weighted by Gasteiger charge is 2.65. The summed E-state index contributed by atoms with van der Waals surface area (Å²) in [7, 11) is 1.43. The van der Waals surface area contributed by atoms with E-state index in [-0.39, 0.29) is 35.3 Å². The number of esters is 2. The van der Waals surface area contributed by atoms with Crippen molar-refractivity contribution in [1.29, 1.82) is 0 Å². The average molecular weight is 292 g/mol. The highest BCUT2D eigenvalue weighted by molar-refractivity contribution is 5.80. The molecule has 2 fully saturated rings. The highest BCUT2D eigenvalue weighted by atomic mass is 16.6. The second-order valence-electron chi connectivity index (χ2n) is 7.37. The summed E-state index contributed by atoms with van der Waals surface area (Å²) >= 11 is 0. The Morgan fingerprint density at radius 3 is 2.81 bits per heavy atom. The second-order valence-corrected chi connectivity index (χ2v) is 7.37. The van der Waals surface area contributed by atoms with Gasteiger partial charge >= 0.3 is 11.9 Å². The summed E-state index contributed by atoms with van der Waals surface area (Å²) in [4.78, 5) is 24.2. The number of allylic oxidation sites excluding steroid dienone is 1. The molecule has 0 amide bonds. The van der Waals surface area contributed by atoms with Gasteiger partial charge < -0.3 is 9.47 Å². The summed E-state index contributed by atoms with van der Waals surface area (Å²) in [6.45, 7) is 6.32. The fourth-order valence-corrected chi connectivity index (χ4v) is 5.23. The summed E-state index contributed by atoms with van der Waals surface area (Å²) in [6, 6.07) is 0. The van der Waals surface area contributed by atoms with E-state index < -0.39 is 5.41 Å². The molecule has 3 aliphatic rings. The number of rotatable bonds is 2. The Hall–Kier alpha value is -1.32. The summed E-state index contributed by atoms with van der Waals surface area (Å²) in [6.07, 6.45) is 5.27. The zero-order valence-electron chi connectivity index (χ0n) is 13.3. The molecule has 1 aliphatic heterocycles. The van der Waals surface area contributed by atoms with Crippen molar-refractivity contribution >= 4 is 11.9 Å². The molecule has 0 aromatic rings. The fourth-order valence-electron chi connectivity index (χ4n) is 5.23. The molecular weight excluding hydrogens is 268 g/mol. The lowest BCUT2D eigenvalue weighted by atomic mass is 9.48. The Kier molecular flexibility index (Phi) is 3.19. The van der Waals surface area contributed by atoms with Gasteiger partial charge in [0.2, 0.25) is 0 Å². The van der Waals surface area contributed by atoms with Gasteiger partial charge in [0.15, 0.2) is 0 Å². The lowest BCUT2D eigenvalue weighted by Gasteiger charge is -2.53. The molecule has 21 heavy (non-hydrogen) atoms. The zero-order chi connectivity index (χ0) is 15.4. The lowest BCUT2D eigenvalue weighted by molar-refractivity contribution is -0.148. The largest absolute Gasteiger partial charge is 0.469 e. The Morgan fingerprint density at radius 2 is 2.14 bits per heavy atom. The Balaban J connectivity index is 2.04. The van der Waals surface area contributed by atoms with Gasteiger partial charge in [0.1, 0.15) is 6.10 Å². The van der Waals surface area contributed by atoms with E-state index in [2.05, 4.69) is 13.0 Å². The van der Waals surface area contributed by atoms with Crippen LogP contribution in [-0.2, 0) is 19.1 Å². The van der Waals surface area contributed by atoms with Crippen LogP contribution in [0, 0.1) is 22.7 Å². The molecular formula is C17H24O4. The van der Waals surface area contributed by atoms with Crippen LogP contribution in [0.5, 0.6) is 0 Å². The monoisotopic (exact) mass is 292 g/mol. The minimum absolute atomic E-state index is 0.0637. The molecule has 0 radical (unpaired) electrons. The molecule has 3 rings (SSSR count). The van der Waals surface area contributed by atoms with Crippen molar-refractivity contribution in [3.05, 3.63) is 11.6 Å². The Labute approximate surface area is 125 Å². The third-order valence-corrected chi connectivity index (χ3v) is 6.22. The first-order chi connectivity index (χ1) is 9.83. The molecule has 5 atom stereocenters. The van der Waals surface area contributed by atoms with Crippen molar-refractivity contribution in [3.63, 3.8) is 0 Å². The van der Waals surface area contributed by atoms with Gasteiger partial charge in [0.05, 0.1) is 18.9 Å². The minimum atomic E-state index is -0.400. The summed E-state index contributed by atoms with van der Waals surface area (Å²) in [5.74, 6) is 0.0704. The van der Waals surface area contributed by atoms with Crippen molar-refractivity contribution in [3.8, 4) is 0 Å². The predicted molar refractivity (Wildman–Crippen MR) is 77.3 cm³/mol. The first-order valence-corrected chi connectivity index (χ1v) is 7.79. The number of carbonyl (C=O) groups is 2. The number of hydrogen-bond donors (Lipinski definition) is 0. The highest BCUT2D eigenvalue weighted by Crippen LogP contribution is 2.64. The average Bonchev–Trinajstić information content (AvgIpc) is 2.67. The van der Waals surface area contributed by atoms with Crippen LogP contribution in [-0.4, -0.2) is 25.2 Å². The normalized spacial score (nSPS) is 44.7. The quantitative estimate of drug-likeness (QED) is 0.580. The van der Waals surface area contributed by atoms with Gasteiger partial charge in [-0.25, -0.2) is 0 Å². The molecule has 0 N–H and O–H groups in total. The van der Waals surface area contributed by atoms with Crippen LogP contribution in [0.1, 0.15) is 46.5 Å². The van der Waals surface area contributed by atoms with E-state index in [9.17, 15) is 9.59 Å². The van der Waals surface area contributed by atoms with Crippen molar-refractivity contribution in [2.24, 2.45) is 22.7 Å². The maximum atomic E-state index is 12.4. The van der Waals surface area contributed by atoms with E-state index in [0.717, 1.165) is 24.8 Å². The Bertz CT molecular complexity index is 523. The molecule has 0 aromatic carbocycles. The molecule has 1 heterocycles. The molecule has 0 bridgehead atoms. The topological polar surface area (TPSA) is 52.6 Å². The second kappa shape index (κ2) is 4.59. The molecule has 0 spiro atoms. The smallest absolute Gasteiger partial charge is 0.312 e. The SMILES string of the molecule is COC(=O)CC1C(C)=CC2OC(=O)[C@@]3(C)CCC[C@@]1(C)[C@@H]23. The third kappa shape index (κ3) is 1.87. The molecule has 2 aliphatic carbocycles. The molecule has 2 unspecified atom stereocenters. The van der Waals surface area contributed by atoms with E-state index in [1.54, 1.807) is 0 Å². The molecule has 1 saturated carbocycles. The van der Waals surface area contributed by atoms with Gasteiger partial charge in [-0.05, 0) is 44.1 Å². The van der Waals surface area contributed by atoms with Crippen LogP contribution in [0.15, 0.2) is 11.6 Å². The van der Waals surface area contributed by atoms with Crippen molar-refractivity contribution in [2.45, 2.75) is 52.6 Å². The van der Waals surface area contributed by atoms with E-state index in [1.165, 1.54) is 7.11 Å². The summed E-state index contributed by atoms with van der Waals surface area (Å²) in [5, 5.41) is 0. The molecule has 116 valence electrons. The van der Waals surface area contributed by atoms with Crippen LogP contribution in [0.4, 0.5) is 0 Å². The van der Waals surface area contributed by atoms with E-state index in [0.29, 0.717) is 6.42 Å². The van der Waals surface area contributed by atoms with Gasteiger partial charge in [0, 0.05) is 5.92 Å². The first-order valence-electron chi connectivity index (χ1n) is 7.79. The van der Waals surface area contributed by atoms with E-state index in [1.807, 2.05) is 13.8 Å². The van der Waals surface area contributed by atoms with Crippen LogP contribution in [0.3, 0.4) is 0 Å². The third-order valence-electron chi connectivity index (χ3n) is 6.22. The number of ether oxygens (including phenoxy) is 2. The summed E-state index contributed by atoms with van der Waals surface area (Å²) < 4.78 is 10.5. The van der Waals surface area contributed by atoms with Crippen LogP contribution in [0.25, 0.3) is 0 Å². The van der Waals surface area contributed by atoms with Crippen LogP contribution < -0.4 is 0 Å². The maximum absolute atomic E-state index is 12.4. The van der Waals surface area contributed by atoms with E-state index in [4.69, 9.17) is 9.47 Å². The van der Waals surface area contributed by atoms with Gasteiger partial charge in [0.25, 0.3) is 0 Å². The van der Waals surface area contributed by atoms with Crippen molar-refractivity contribution < 1.29 is 19.1 Å².